The molecule has 5 heteroatoms. The molecule has 12 heavy (non-hydrogen) atoms. The molecule has 0 saturated heterocycles. The molecule has 1 aromatic rings. The maximum absolute atomic E-state index is 8.36. The maximum atomic E-state index is 8.36. The molecule has 0 atom stereocenters. The monoisotopic (exact) mass is 358 g/mol. The summed E-state index contributed by atoms with van der Waals surface area (Å²) >= 11 is 10.1. The first-order valence-electron chi connectivity index (χ1n) is 2.80. The Labute approximate surface area is 95.4 Å². The van der Waals surface area contributed by atoms with Gasteiger partial charge in [-0.15, -0.1) is 0 Å². The summed E-state index contributed by atoms with van der Waals surface area (Å²) in [7, 11) is 0. The van der Waals surface area contributed by atoms with Gasteiger partial charge in [0.05, 0.1) is 0 Å². The minimum atomic E-state index is -0.250. The van der Waals surface area contributed by atoms with Crippen LogP contribution in [0.5, 0.6) is 0 Å². The average Bonchev–Trinajstić information content (AvgIpc) is 1.99. The second kappa shape index (κ2) is 6.62. The highest BCUT2D eigenvalue weighted by molar-refractivity contribution is 9.13. The Morgan fingerprint density at radius 2 is 1.67 bits per heavy atom. The topological polar surface area (TPSA) is 37.3 Å². The number of hydrogen-bond donors (Lipinski definition) is 1. The lowest BCUT2D eigenvalue weighted by atomic mass is 10.4. The predicted octanol–water partition coefficient (Wildman–Crippen LogP) is 3.67. The average molecular weight is 361 g/mol. The van der Waals surface area contributed by atoms with Crippen molar-refractivity contribution in [3.05, 3.63) is 31.6 Å². The van der Waals surface area contributed by atoms with E-state index in [1.165, 1.54) is 0 Å². The van der Waals surface area contributed by atoms with E-state index < -0.39 is 0 Å². The molecular weight excluding hydrogens is 356 g/mol. The quantitative estimate of drug-likeness (QED) is 0.566. The highest BCUT2D eigenvalue weighted by atomic mass is 79.9. The van der Waals surface area contributed by atoms with Crippen molar-refractivity contribution in [3.8, 4) is 0 Å². The largest absolute Gasteiger partial charge is 0.483 e. The molecule has 0 aliphatic rings. The van der Waals surface area contributed by atoms with E-state index in [0.717, 1.165) is 13.4 Å². The standard InChI is InChI=1S/C6H3Br3.CH2O2/c7-4-1-2-5(8)6(9)3-4;2-1-3/h1-3H;1H,(H,2,3). The summed E-state index contributed by atoms with van der Waals surface area (Å²) in [5.74, 6) is 0. The molecule has 1 rings (SSSR count). The first-order valence-corrected chi connectivity index (χ1v) is 5.18. The van der Waals surface area contributed by atoms with Crippen LogP contribution in [0, 0.1) is 0 Å². The summed E-state index contributed by atoms with van der Waals surface area (Å²) < 4.78 is 3.22. The van der Waals surface area contributed by atoms with E-state index in [-0.39, 0.29) is 6.47 Å². The van der Waals surface area contributed by atoms with E-state index in [4.69, 9.17) is 9.90 Å². The fourth-order valence-corrected chi connectivity index (χ4v) is 1.76. The zero-order valence-electron chi connectivity index (χ0n) is 5.80. The molecule has 0 radical (unpaired) electrons. The molecule has 0 bridgehead atoms. The van der Waals surface area contributed by atoms with E-state index in [2.05, 4.69) is 47.8 Å². The van der Waals surface area contributed by atoms with Gasteiger partial charge < -0.3 is 5.11 Å². The van der Waals surface area contributed by atoms with Gasteiger partial charge in [0.2, 0.25) is 0 Å². The molecule has 2 nitrogen and oxygen atoms in total. The van der Waals surface area contributed by atoms with Crippen LogP contribution in [0.2, 0.25) is 0 Å². The van der Waals surface area contributed by atoms with Crippen LogP contribution in [0.15, 0.2) is 31.6 Å². The second-order valence-electron chi connectivity index (χ2n) is 1.66. The number of benzene rings is 1. The van der Waals surface area contributed by atoms with Gasteiger partial charge in [0.1, 0.15) is 0 Å². The Balaban J connectivity index is 0.000000354. The summed E-state index contributed by atoms with van der Waals surface area (Å²) in [6.07, 6.45) is 0. The third-order valence-corrected chi connectivity index (χ3v) is 3.25. The van der Waals surface area contributed by atoms with Crippen molar-refractivity contribution < 1.29 is 9.90 Å². The Hall–Kier alpha value is 0.130. The first-order chi connectivity index (χ1) is 5.61. The van der Waals surface area contributed by atoms with E-state index in [1.54, 1.807) is 0 Å². The molecule has 0 aliphatic carbocycles. The van der Waals surface area contributed by atoms with Crippen LogP contribution in [0.25, 0.3) is 0 Å². The van der Waals surface area contributed by atoms with Crippen molar-refractivity contribution in [1.82, 2.24) is 0 Å². The van der Waals surface area contributed by atoms with E-state index >= 15 is 0 Å². The van der Waals surface area contributed by atoms with Gasteiger partial charge in [-0.05, 0) is 50.1 Å². The lowest BCUT2D eigenvalue weighted by Gasteiger charge is -1.93. The highest BCUT2D eigenvalue weighted by Crippen LogP contribution is 2.25. The van der Waals surface area contributed by atoms with Crippen LogP contribution in [0.1, 0.15) is 0 Å². The third kappa shape index (κ3) is 4.90. The lowest BCUT2D eigenvalue weighted by Crippen LogP contribution is -1.67. The number of carbonyl (C=O) groups is 1. The lowest BCUT2D eigenvalue weighted by molar-refractivity contribution is -0.122. The molecule has 0 unspecified atom stereocenters. The van der Waals surface area contributed by atoms with Crippen LogP contribution in [0.3, 0.4) is 0 Å². The van der Waals surface area contributed by atoms with Gasteiger partial charge in [-0.2, -0.15) is 0 Å². The maximum Gasteiger partial charge on any atom is 0.290 e. The SMILES string of the molecule is Brc1ccc(Br)c(Br)c1.O=CO. The number of carboxylic acid groups (broad SMARTS) is 1. The second-order valence-corrected chi connectivity index (χ2v) is 4.29. The van der Waals surface area contributed by atoms with Crippen LogP contribution >= 0.6 is 47.8 Å². The zero-order chi connectivity index (χ0) is 9.56. The molecular formula is C7H5Br3O2. The molecule has 0 aromatic heterocycles. The van der Waals surface area contributed by atoms with Crippen LogP contribution in [-0.2, 0) is 4.79 Å². The third-order valence-electron chi connectivity index (χ3n) is 0.882. The fourth-order valence-electron chi connectivity index (χ4n) is 0.470. The van der Waals surface area contributed by atoms with Gasteiger partial charge in [0, 0.05) is 13.4 Å². The number of hydrogen-bond acceptors (Lipinski definition) is 1. The van der Waals surface area contributed by atoms with Gasteiger partial charge in [-0.3, -0.25) is 4.79 Å². The van der Waals surface area contributed by atoms with Crippen molar-refractivity contribution in [3.63, 3.8) is 0 Å². The van der Waals surface area contributed by atoms with Crippen molar-refractivity contribution in [2.24, 2.45) is 0 Å². The summed E-state index contributed by atoms with van der Waals surface area (Å²) in [6.45, 7) is -0.250. The summed E-state index contributed by atoms with van der Waals surface area (Å²) in [6, 6.07) is 5.95. The molecule has 0 saturated carbocycles. The number of rotatable bonds is 0. The van der Waals surface area contributed by atoms with Gasteiger partial charge in [0.15, 0.2) is 0 Å². The molecule has 66 valence electrons. The van der Waals surface area contributed by atoms with Crippen molar-refractivity contribution in [2.75, 3.05) is 0 Å². The van der Waals surface area contributed by atoms with Crippen molar-refractivity contribution >= 4 is 54.3 Å². The van der Waals surface area contributed by atoms with Crippen LogP contribution < -0.4 is 0 Å². The molecule has 0 spiro atoms. The molecule has 1 N–H and O–H groups in total. The van der Waals surface area contributed by atoms with Gasteiger partial charge >= 0.3 is 0 Å². The van der Waals surface area contributed by atoms with Crippen molar-refractivity contribution in [1.29, 1.82) is 0 Å². The first kappa shape index (κ1) is 12.1. The number of halogens is 3. The Kier molecular flexibility index (Phi) is 6.70. The Bertz CT molecular complexity index is 263. The van der Waals surface area contributed by atoms with Crippen molar-refractivity contribution in [2.45, 2.75) is 0 Å². The molecule has 0 heterocycles. The molecule has 0 aliphatic heterocycles. The smallest absolute Gasteiger partial charge is 0.290 e. The minimum Gasteiger partial charge on any atom is -0.483 e. The van der Waals surface area contributed by atoms with Crippen LogP contribution in [-0.4, -0.2) is 11.6 Å². The Morgan fingerprint density at radius 3 is 2.00 bits per heavy atom. The summed E-state index contributed by atoms with van der Waals surface area (Å²) in [4.78, 5) is 8.36. The normalized spacial score (nSPS) is 8.25. The Morgan fingerprint density at radius 1 is 1.17 bits per heavy atom. The fraction of sp³-hybridized carbons (Fsp3) is 0. The van der Waals surface area contributed by atoms with E-state index in [1.807, 2.05) is 18.2 Å². The minimum absolute atomic E-state index is 0.250. The highest BCUT2D eigenvalue weighted by Gasteiger charge is 1.93. The van der Waals surface area contributed by atoms with E-state index in [0.29, 0.717) is 0 Å². The predicted molar refractivity (Wildman–Crippen MR) is 58.2 cm³/mol. The molecule has 0 amide bonds. The van der Waals surface area contributed by atoms with Gasteiger partial charge in [-0.1, -0.05) is 15.9 Å². The molecule has 1 aromatic carbocycles. The van der Waals surface area contributed by atoms with Gasteiger partial charge in [-0.25, -0.2) is 0 Å². The summed E-state index contributed by atoms with van der Waals surface area (Å²) in [5, 5.41) is 6.89. The van der Waals surface area contributed by atoms with Gasteiger partial charge in [0.25, 0.3) is 6.47 Å². The zero-order valence-corrected chi connectivity index (χ0v) is 10.6. The molecule has 0 fully saturated rings. The van der Waals surface area contributed by atoms with Crippen LogP contribution in [0.4, 0.5) is 0 Å². The summed E-state index contributed by atoms with van der Waals surface area (Å²) in [5.41, 5.74) is 0. The van der Waals surface area contributed by atoms with E-state index in [9.17, 15) is 0 Å².